The van der Waals surface area contributed by atoms with Gasteiger partial charge in [0, 0.05) is 20.1 Å². The van der Waals surface area contributed by atoms with E-state index in [9.17, 15) is 0 Å². The molecule has 2 aromatic rings. The minimum absolute atomic E-state index is 0.461. The zero-order valence-electron chi connectivity index (χ0n) is 8.79. The third-order valence-electron chi connectivity index (χ3n) is 2.22. The van der Waals surface area contributed by atoms with Crippen LogP contribution in [-0.2, 0) is 6.61 Å². The Labute approximate surface area is 118 Å². The van der Waals surface area contributed by atoms with Gasteiger partial charge in [0.1, 0.15) is 12.4 Å². The molecule has 2 rings (SSSR count). The van der Waals surface area contributed by atoms with Gasteiger partial charge in [0.25, 0.3) is 0 Å². The molecule has 0 N–H and O–H groups in total. The van der Waals surface area contributed by atoms with Crippen LogP contribution in [0.2, 0.25) is 10.0 Å². The van der Waals surface area contributed by atoms with Gasteiger partial charge in [-0.2, -0.15) is 0 Å². The predicted molar refractivity (Wildman–Crippen MR) is 74.9 cm³/mol. The first-order valence-corrected chi connectivity index (χ1v) is 6.52. The summed E-state index contributed by atoms with van der Waals surface area (Å²) in [5, 5.41) is 1.39. The van der Waals surface area contributed by atoms with E-state index in [-0.39, 0.29) is 0 Å². The largest absolute Gasteiger partial charge is 0.489 e. The van der Waals surface area contributed by atoms with Crippen LogP contribution in [0.1, 0.15) is 5.56 Å². The summed E-state index contributed by atoms with van der Waals surface area (Å²) >= 11 is 15.2. The van der Waals surface area contributed by atoms with Gasteiger partial charge < -0.3 is 4.74 Å². The van der Waals surface area contributed by atoms with Crippen LogP contribution in [0.3, 0.4) is 0 Å². The van der Waals surface area contributed by atoms with Crippen LogP contribution < -0.4 is 4.74 Å². The molecule has 0 aliphatic heterocycles. The van der Waals surface area contributed by atoms with E-state index in [1.165, 1.54) is 0 Å². The van der Waals surface area contributed by atoms with E-state index in [1.807, 2.05) is 30.3 Å². The SMILES string of the molecule is Clc1ccc(OCc2cc(Cl)ccc2Br)cc1. The molecular formula is C13H9BrCl2O. The normalized spacial score (nSPS) is 10.3. The van der Waals surface area contributed by atoms with Crippen LogP contribution in [-0.4, -0.2) is 0 Å². The Kier molecular flexibility index (Phi) is 4.32. The lowest BCUT2D eigenvalue weighted by molar-refractivity contribution is 0.305. The van der Waals surface area contributed by atoms with Crippen molar-refractivity contribution in [1.29, 1.82) is 0 Å². The molecule has 0 radical (unpaired) electrons. The van der Waals surface area contributed by atoms with E-state index < -0.39 is 0 Å². The van der Waals surface area contributed by atoms with Gasteiger partial charge in [-0.05, 0) is 42.5 Å². The summed E-state index contributed by atoms with van der Waals surface area (Å²) in [5.74, 6) is 0.779. The Morgan fingerprint density at radius 2 is 1.59 bits per heavy atom. The predicted octanol–water partition coefficient (Wildman–Crippen LogP) is 5.33. The zero-order valence-corrected chi connectivity index (χ0v) is 11.9. The van der Waals surface area contributed by atoms with Crippen molar-refractivity contribution in [2.75, 3.05) is 0 Å². The van der Waals surface area contributed by atoms with Crippen LogP contribution in [0.15, 0.2) is 46.9 Å². The number of ether oxygens (including phenoxy) is 1. The molecule has 0 saturated carbocycles. The van der Waals surface area contributed by atoms with Crippen molar-refractivity contribution in [3.05, 3.63) is 62.5 Å². The van der Waals surface area contributed by atoms with Gasteiger partial charge in [-0.1, -0.05) is 39.1 Å². The number of hydrogen-bond donors (Lipinski definition) is 0. The Balaban J connectivity index is 2.07. The van der Waals surface area contributed by atoms with Gasteiger partial charge in [-0.25, -0.2) is 0 Å². The van der Waals surface area contributed by atoms with Gasteiger partial charge >= 0.3 is 0 Å². The number of hydrogen-bond acceptors (Lipinski definition) is 1. The monoisotopic (exact) mass is 330 g/mol. The van der Waals surface area contributed by atoms with Gasteiger partial charge in [-0.15, -0.1) is 0 Å². The van der Waals surface area contributed by atoms with Gasteiger partial charge in [0.15, 0.2) is 0 Å². The Bertz CT molecular complexity index is 511. The topological polar surface area (TPSA) is 9.23 Å². The van der Waals surface area contributed by atoms with Crippen molar-refractivity contribution < 1.29 is 4.74 Å². The van der Waals surface area contributed by atoms with Crippen molar-refractivity contribution in [2.24, 2.45) is 0 Å². The first kappa shape index (κ1) is 12.7. The van der Waals surface area contributed by atoms with Crippen molar-refractivity contribution in [3.8, 4) is 5.75 Å². The van der Waals surface area contributed by atoms with Crippen molar-refractivity contribution in [3.63, 3.8) is 0 Å². The first-order chi connectivity index (χ1) is 8.15. The van der Waals surface area contributed by atoms with Gasteiger partial charge in [0.2, 0.25) is 0 Å². The average molecular weight is 332 g/mol. The minimum atomic E-state index is 0.461. The highest BCUT2D eigenvalue weighted by Gasteiger charge is 2.02. The van der Waals surface area contributed by atoms with Crippen molar-refractivity contribution in [1.82, 2.24) is 0 Å². The van der Waals surface area contributed by atoms with Gasteiger partial charge in [0.05, 0.1) is 0 Å². The van der Waals surface area contributed by atoms with Crippen LogP contribution in [0.25, 0.3) is 0 Å². The summed E-state index contributed by atoms with van der Waals surface area (Å²) in [5.41, 5.74) is 1.01. The molecule has 0 saturated heterocycles. The molecule has 17 heavy (non-hydrogen) atoms. The lowest BCUT2D eigenvalue weighted by Crippen LogP contribution is -1.96. The second-order valence-corrected chi connectivity index (χ2v) is 5.21. The average Bonchev–Trinajstić information content (AvgIpc) is 2.32. The fourth-order valence-electron chi connectivity index (χ4n) is 1.35. The van der Waals surface area contributed by atoms with Crippen molar-refractivity contribution in [2.45, 2.75) is 6.61 Å². The number of rotatable bonds is 3. The fourth-order valence-corrected chi connectivity index (χ4v) is 2.03. The molecule has 1 nitrogen and oxygen atoms in total. The fraction of sp³-hybridized carbons (Fsp3) is 0.0769. The first-order valence-electron chi connectivity index (χ1n) is 4.97. The highest BCUT2D eigenvalue weighted by molar-refractivity contribution is 9.10. The summed E-state index contributed by atoms with van der Waals surface area (Å²) < 4.78 is 6.62. The Morgan fingerprint density at radius 1 is 0.941 bits per heavy atom. The molecule has 0 fully saturated rings. The molecule has 0 amide bonds. The van der Waals surface area contributed by atoms with E-state index in [2.05, 4.69) is 15.9 Å². The molecule has 0 bridgehead atoms. The quantitative estimate of drug-likeness (QED) is 0.738. The smallest absolute Gasteiger partial charge is 0.119 e. The molecule has 0 spiro atoms. The molecule has 0 heterocycles. The van der Waals surface area contributed by atoms with Crippen LogP contribution in [0.4, 0.5) is 0 Å². The van der Waals surface area contributed by atoms with E-state index in [1.54, 1.807) is 12.1 Å². The van der Waals surface area contributed by atoms with Crippen molar-refractivity contribution >= 4 is 39.1 Å². The lowest BCUT2D eigenvalue weighted by Gasteiger charge is -2.08. The molecule has 4 heteroatoms. The molecule has 0 aliphatic carbocycles. The second-order valence-electron chi connectivity index (χ2n) is 3.48. The lowest BCUT2D eigenvalue weighted by atomic mass is 10.2. The number of benzene rings is 2. The maximum Gasteiger partial charge on any atom is 0.119 e. The minimum Gasteiger partial charge on any atom is -0.489 e. The Morgan fingerprint density at radius 3 is 2.29 bits per heavy atom. The van der Waals surface area contributed by atoms with Crippen LogP contribution in [0.5, 0.6) is 5.75 Å². The van der Waals surface area contributed by atoms with E-state index in [0.29, 0.717) is 16.7 Å². The summed E-state index contributed by atoms with van der Waals surface area (Å²) in [7, 11) is 0. The maximum absolute atomic E-state index is 5.93. The van der Waals surface area contributed by atoms with E-state index >= 15 is 0 Å². The third-order valence-corrected chi connectivity index (χ3v) is 3.48. The summed E-state index contributed by atoms with van der Waals surface area (Å²) in [6.45, 7) is 0.461. The molecular weight excluding hydrogens is 323 g/mol. The zero-order chi connectivity index (χ0) is 12.3. The Hall–Kier alpha value is -0.700. The molecule has 88 valence electrons. The number of halogens is 3. The summed E-state index contributed by atoms with van der Waals surface area (Å²) in [6.07, 6.45) is 0. The third kappa shape index (κ3) is 3.63. The summed E-state index contributed by atoms with van der Waals surface area (Å²) in [4.78, 5) is 0. The summed E-state index contributed by atoms with van der Waals surface area (Å²) in [6, 6.07) is 12.9. The maximum atomic E-state index is 5.93. The second kappa shape index (κ2) is 5.76. The standard InChI is InChI=1S/C13H9BrCl2O/c14-13-6-3-11(16)7-9(13)8-17-12-4-1-10(15)2-5-12/h1-7H,8H2. The molecule has 0 atom stereocenters. The molecule has 0 unspecified atom stereocenters. The van der Waals surface area contributed by atoms with Crippen LogP contribution in [0, 0.1) is 0 Å². The molecule has 2 aromatic carbocycles. The van der Waals surface area contributed by atoms with E-state index in [0.717, 1.165) is 15.8 Å². The highest BCUT2D eigenvalue weighted by Crippen LogP contribution is 2.23. The molecule has 0 aliphatic rings. The highest BCUT2D eigenvalue weighted by atomic mass is 79.9. The van der Waals surface area contributed by atoms with Gasteiger partial charge in [-0.3, -0.25) is 0 Å². The van der Waals surface area contributed by atoms with E-state index in [4.69, 9.17) is 27.9 Å². The van der Waals surface area contributed by atoms with Crippen LogP contribution >= 0.6 is 39.1 Å². The molecule has 0 aromatic heterocycles.